The molecule has 0 spiro atoms. The maximum Gasteiger partial charge on any atom is 0.243 e. The summed E-state index contributed by atoms with van der Waals surface area (Å²) in [5.41, 5.74) is 0. The molecule has 2 rings (SSSR count). The van der Waals surface area contributed by atoms with Crippen molar-refractivity contribution in [2.75, 3.05) is 32.8 Å². The van der Waals surface area contributed by atoms with E-state index in [1.807, 2.05) is 0 Å². The Morgan fingerprint density at radius 3 is 2.73 bits per heavy atom. The predicted octanol–water partition coefficient (Wildman–Crippen LogP) is 0.0349. The number of rotatable bonds is 4. The summed E-state index contributed by atoms with van der Waals surface area (Å²) >= 11 is 0. The lowest BCUT2D eigenvalue weighted by Gasteiger charge is -2.26. The van der Waals surface area contributed by atoms with Crippen LogP contribution < -0.4 is 4.57 Å². The molecular weight excluding hydrogens is 190 g/mol. The SMILES string of the molecule is C[n+]1ccn(CCCN2CCOCC2)c1. The van der Waals surface area contributed by atoms with Crippen LogP contribution in [0.1, 0.15) is 6.42 Å². The Bertz CT molecular complexity index is 292. The van der Waals surface area contributed by atoms with Crippen molar-refractivity contribution in [3.05, 3.63) is 18.7 Å². The summed E-state index contributed by atoms with van der Waals surface area (Å²) in [6, 6.07) is 0. The van der Waals surface area contributed by atoms with Crippen LogP contribution in [0.2, 0.25) is 0 Å². The van der Waals surface area contributed by atoms with Gasteiger partial charge < -0.3 is 4.74 Å². The Morgan fingerprint density at radius 1 is 1.27 bits per heavy atom. The number of aromatic nitrogens is 2. The van der Waals surface area contributed by atoms with Crippen molar-refractivity contribution in [2.24, 2.45) is 7.05 Å². The Kier molecular flexibility index (Phi) is 3.75. The second kappa shape index (κ2) is 5.28. The molecule has 1 saturated heterocycles. The van der Waals surface area contributed by atoms with E-state index in [2.05, 4.69) is 39.8 Å². The minimum Gasteiger partial charge on any atom is -0.379 e. The topological polar surface area (TPSA) is 21.3 Å². The molecule has 2 heterocycles. The number of imidazole rings is 1. The predicted molar refractivity (Wildman–Crippen MR) is 57.5 cm³/mol. The molecule has 84 valence electrons. The van der Waals surface area contributed by atoms with Crippen molar-refractivity contribution in [3.8, 4) is 0 Å². The summed E-state index contributed by atoms with van der Waals surface area (Å²) in [5, 5.41) is 0. The normalized spacial score (nSPS) is 18.2. The maximum absolute atomic E-state index is 5.32. The minimum atomic E-state index is 0.901. The van der Waals surface area contributed by atoms with Crippen LogP contribution in [0.15, 0.2) is 18.7 Å². The van der Waals surface area contributed by atoms with Gasteiger partial charge >= 0.3 is 0 Å². The molecule has 0 unspecified atom stereocenters. The molecule has 0 bridgehead atoms. The molecule has 0 N–H and O–H groups in total. The average Bonchev–Trinajstić information content (AvgIpc) is 2.66. The van der Waals surface area contributed by atoms with E-state index in [9.17, 15) is 0 Å². The van der Waals surface area contributed by atoms with E-state index >= 15 is 0 Å². The van der Waals surface area contributed by atoms with E-state index in [0.717, 1.165) is 32.8 Å². The lowest BCUT2D eigenvalue weighted by Crippen LogP contribution is -2.37. The van der Waals surface area contributed by atoms with E-state index in [1.54, 1.807) is 0 Å². The summed E-state index contributed by atoms with van der Waals surface area (Å²) in [7, 11) is 2.05. The van der Waals surface area contributed by atoms with Crippen LogP contribution >= 0.6 is 0 Å². The van der Waals surface area contributed by atoms with Crippen LogP contribution in [-0.4, -0.2) is 42.3 Å². The Labute approximate surface area is 91.1 Å². The van der Waals surface area contributed by atoms with Crippen LogP contribution in [-0.2, 0) is 18.3 Å². The van der Waals surface area contributed by atoms with Gasteiger partial charge in [-0.15, -0.1) is 0 Å². The number of ether oxygens (including phenoxy) is 1. The van der Waals surface area contributed by atoms with Crippen molar-refractivity contribution in [3.63, 3.8) is 0 Å². The first-order chi connectivity index (χ1) is 7.34. The molecule has 0 aromatic carbocycles. The molecule has 0 amide bonds. The van der Waals surface area contributed by atoms with Gasteiger partial charge in [0.05, 0.1) is 26.8 Å². The van der Waals surface area contributed by atoms with Gasteiger partial charge in [0.2, 0.25) is 6.33 Å². The van der Waals surface area contributed by atoms with E-state index < -0.39 is 0 Å². The number of hydrogen-bond acceptors (Lipinski definition) is 2. The monoisotopic (exact) mass is 210 g/mol. The summed E-state index contributed by atoms with van der Waals surface area (Å²) in [5.74, 6) is 0. The number of morpholine rings is 1. The molecule has 1 aliphatic rings. The second-order valence-electron chi connectivity index (χ2n) is 4.12. The third kappa shape index (κ3) is 3.32. The van der Waals surface area contributed by atoms with Crippen molar-refractivity contribution in [2.45, 2.75) is 13.0 Å². The van der Waals surface area contributed by atoms with E-state index in [-0.39, 0.29) is 0 Å². The van der Waals surface area contributed by atoms with Gasteiger partial charge in [-0.1, -0.05) is 0 Å². The quantitative estimate of drug-likeness (QED) is 0.654. The first-order valence-corrected chi connectivity index (χ1v) is 5.66. The smallest absolute Gasteiger partial charge is 0.243 e. The minimum absolute atomic E-state index is 0.901. The Hall–Kier alpha value is -0.870. The fourth-order valence-corrected chi connectivity index (χ4v) is 1.94. The van der Waals surface area contributed by atoms with Gasteiger partial charge in [-0.05, 0) is 6.42 Å². The van der Waals surface area contributed by atoms with Crippen molar-refractivity contribution in [1.29, 1.82) is 0 Å². The zero-order valence-electron chi connectivity index (χ0n) is 9.43. The first-order valence-electron chi connectivity index (χ1n) is 5.66. The van der Waals surface area contributed by atoms with E-state index in [1.165, 1.54) is 13.0 Å². The lowest BCUT2D eigenvalue weighted by atomic mass is 10.3. The number of hydrogen-bond donors (Lipinski definition) is 0. The fourth-order valence-electron chi connectivity index (χ4n) is 1.94. The van der Waals surface area contributed by atoms with E-state index in [4.69, 9.17) is 4.74 Å². The third-order valence-corrected chi connectivity index (χ3v) is 2.82. The maximum atomic E-state index is 5.32. The molecule has 1 aromatic rings. The van der Waals surface area contributed by atoms with Gasteiger partial charge in [-0.25, -0.2) is 9.13 Å². The highest BCUT2D eigenvalue weighted by Crippen LogP contribution is 1.99. The molecule has 0 aliphatic carbocycles. The summed E-state index contributed by atoms with van der Waals surface area (Å²) in [6.45, 7) is 6.29. The zero-order chi connectivity index (χ0) is 10.5. The largest absolute Gasteiger partial charge is 0.379 e. The van der Waals surface area contributed by atoms with Gasteiger partial charge in [0.1, 0.15) is 12.4 Å². The molecule has 1 aromatic heterocycles. The Balaban J connectivity index is 1.65. The third-order valence-electron chi connectivity index (χ3n) is 2.82. The van der Waals surface area contributed by atoms with Crippen molar-refractivity contribution < 1.29 is 9.30 Å². The van der Waals surface area contributed by atoms with Gasteiger partial charge in [-0.2, -0.15) is 0 Å². The molecule has 0 radical (unpaired) electrons. The molecule has 0 atom stereocenters. The van der Waals surface area contributed by atoms with E-state index in [0.29, 0.717) is 0 Å². The standard InChI is InChI=1S/C11H20N3O/c1-12-5-6-14(11-12)4-2-3-13-7-9-15-10-8-13/h5-6,11H,2-4,7-10H2,1H3/q+1. The molecular formula is C11H20N3O+. The van der Waals surface area contributed by atoms with Crippen LogP contribution in [0.4, 0.5) is 0 Å². The summed E-state index contributed by atoms with van der Waals surface area (Å²) in [6.07, 6.45) is 7.54. The first kappa shape index (κ1) is 10.6. The van der Waals surface area contributed by atoms with Crippen LogP contribution in [0.25, 0.3) is 0 Å². The number of nitrogens with zero attached hydrogens (tertiary/aromatic N) is 3. The lowest BCUT2D eigenvalue weighted by molar-refractivity contribution is -0.671. The van der Waals surface area contributed by atoms with Crippen molar-refractivity contribution >= 4 is 0 Å². The molecule has 1 aliphatic heterocycles. The molecule has 4 nitrogen and oxygen atoms in total. The highest BCUT2D eigenvalue weighted by Gasteiger charge is 2.09. The van der Waals surface area contributed by atoms with Gasteiger partial charge in [0, 0.05) is 19.6 Å². The molecule has 0 saturated carbocycles. The summed E-state index contributed by atoms with van der Waals surface area (Å²) < 4.78 is 9.63. The highest BCUT2D eigenvalue weighted by molar-refractivity contribution is 4.67. The van der Waals surface area contributed by atoms with Crippen LogP contribution in [0, 0.1) is 0 Å². The Morgan fingerprint density at radius 2 is 2.07 bits per heavy atom. The zero-order valence-corrected chi connectivity index (χ0v) is 9.43. The average molecular weight is 210 g/mol. The summed E-state index contributed by atoms with van der Waals surface area (Å²) in [4.78, 5) is 2.48. The second-order valence-corrected chi connectivity index (χ2v) is 4.12. The van der Waals surface area contributed by atoms with Gasteiger partial charge in [0.25, 0.3) is 0 Å². The molecule has 1 fully saturated rings. The molecule has 4 heteroatoms. The highest BCUT2D eigenvalue weighted by atomic mass is 16.5. The van der Waals surface area contributed by atoms with Crippen LogP contribution in [0.5, 0.6) is 0 Å². The van der Waals surface area contributed by atoms with Gasteiger partial charge in [-0.3, -0.25) is 4.90 Å². The van der Waals surface area contributed by atoms with Crippen molar-refractivity contribution in [1.82, 2.24) is 9.47 Å². The fraction of sp³-hybridized carbons (Fsp3) is 0.727. The number of aryl methyl sites for hydroxylation is 2. The van der Waals surface area contributed by atoms with Gasteiger partial charge in [0.15, 0.2) is 0 Å². The molecule has 15 heavy (non-hydrogen) atoms. The van der Waals surface area contributed by atoms with Crippen LogP contribution in [0.3, 0.4) is 0 Å².